The summed E-state index contributed by atoms with van der Waals surface area (Å²) in [4.78, 5) is 10.9. The van der Waals surface area contributed by atoms with Gasteiger partial charge in [0.1, 0.15) is 17.0 Å². The van der Waals surface area contributed by atoms with E-state index in [1.165, 1.54) is 16.4 Å². The van der Waals surface area contributed by atoms with E-state index in [2.05, 4.69) is 5.32 Å². The number of furan rings is 1. The maximum atomic E-state index is 12.8. The number of nitro groups is 1. The highest BCUT2D eigenvalue weighted by molar-refractivity contribution is 7.89. The lowest BCUT2D eigenvalue weighted by molar-refractivity contribution is -0.384. The van der Waals surface area contributed by atoms with Crippen LogP contribution in [0.3, 0.4) is 0 Å². The van der Waals surface area contributed by atoms with Gasteiger partial charge in [0.15, 0.2) is 0 Å². The van der Waals surface area contributed by atoms with E-state index in [-0.39, 0.29) is 35.4 Å². The number of morpholine rings is 1. The smallest absolute Gasteiger partial charge is 0.293 e. The molecule has 158 valence electrons. The van der Waals surface area contributed by atoms with Crippen LogP contribution in [0.15, 0.2) is 57.8 Å². The zero-order chi connectivity index (χ0) is 21.3. The monoisotopic (exact) mass is 431 g/mol. The molecule has 0 saturated carbocycles. The number of hydrogen-bond acceptors (Lipinski definition) is 7. The van der Waals surface area contributed by atoms with Gasteiger partial charge in [0.2, 0.25) is 10.0 Å². The van der Waals surface area contributed by atoms with Gasteiger partial charge in [-0.1, -0.05) is 18.2 Å². The molecule has 1 aromatic heterocycles. The Morgan fingerprint density at radius 3 is 2.57 bits per heavy atom. The third-order valence-corrected chi connectivity index (χ3v) is 6.91. The van der Waals surface area contributed by atoms with Gasteiger partial charge in [0.05, 0.1) is 29.1 Å². The van der Waals surface area contributed by atoms with Crippen LogP contribution in [0.1, 0.15) is 18.7 Å². The molecule has 1 unspecified atom stereocenters. The van der Waals surface area contributed by atoms with Gasteiger partial charge in [0, 0.05) is 24.5 Å². The minimum Gasteiger partial charge on any atom is -0.459 e. The van der Waals surface area contributed by atoms with Crippen LogP contribution in [0.5, 0.6) is 0 Å². The van der Waals surface area contributed by atoms with Crippen molar-refractivity contribution < 1.29 is 22.5 Å². The summed E-state index contributed by atoms with van der Waals surface area (Å²) in [6.07, 6.45) is 0. The van der Waals surface area contributed by atoms with Crippen molar-refractivity contribution in [3.05, 3.63) is 64.4 Å². The molecule has 4 rings (SSSR count). The molecule has 0 bridgehead atoms. The van der Waals surface area contributed by atoms with E-state index >= 15 is 0 Å². The first-order valence-corrected chi connectivity index (χ1v) is 10.9. The summed E-state index contributed by atoms with van der Waals surface area (Å²) >= 11 is 0. The van der Waals surface area contributed by atoms with Crippen LogP contribution < -0.4 is 5.32 Å². The van der Waals surface area contributed by atoms with Crippen LogP contribution >= 0.6 is 0 Å². The molecular weight excluding hydrogens is 410 g/mol. The number of nitrogens with zero attached hydrogens (tertiary/aromatic N) is 2. The van der Waals surface area contributed by atoms with Gasteiger partial charge in [-0.05, 0) is 31.2 Å². The van der Waals surface area contributed by atoms with Crippen LogP contribution in [-0.4, -0.2) is 43.9 Å². The minimum atomic E-state index is -3.83. The lowest BCUT2D eigenvalue weighted by Gasteiger charge is -2.26. The summed E-state index contributed by atoms with van der Waals surface area (Å²) in [5.41, 5.74) is 0.629. The van der Waals surface area contributed by atoms with E-state index in [4.69, 9.17) is 9.15 Å². The van der Waals surface area contributed by atoms with E-state index in [9.17, 15) is 18.5 Å². The van der Waals surface area contributed by atoms with Gasteiger partial charge in [-0.25, -0.2) is 8.42 Å². The summed E-state index contributed by atoms with van der Waals surface area (Å²) in [6.45, 7) is 2.87. The molecule has 1 atom stereocenters. The molecular formula is C20H21N3O6S. The Morgan fingerprint density at radius 2 is 1.87 bits per heavy atom. The predicted octanol–water partition coefficient (Wildman–Crippen LogP) is 3.54. The van der Waals surface area contributed by atoms with Crippen LogP contribution in [0.2, 0.25) is 0 Å². The minimum absolute atomic E-state index is 0.113. The largest absolute Gasteiger partial charge is 0.459 e. The fourth-order valence-electron chi connectivity index (χ4n) is 3.40. The Hall–Kier alpha value is -2.95. The van der Waals surface area contributed by atoms with Gasteiger partial charge in [0.25, 0.3) is 5.69 Å². The predicted molar refractivity (Wildman–Crippen MR) is 111 cm³/mol. The number of para-hydroxylation sites is 1. The topological polar surface area (TPSA) is 115 Å². The SMILES string of the molecule is CC(Nc1ccc(S(=O)(=O)N2CCOCC2)cc1[N+](=O)[O-])c1cc2ccccc2o1. The van der Waals surface area contributed by atoms with E-state index in [0.717, 1.165) is 17.0 Å². The number of sulfonamides is 1. The van der Waals surface area contributed by atoms with Gasteiger partial charge in [-0.3, -0.25) is 10.1 Å². The molecule has 0 amide bonds. The molecule has 1 N–H and O–H groups in total. The lowest BCUT2D eigenvalue weighted by Crippen LogP contribution is -2.40. The molecule has 9 nitrogen and oxygen atoms in total. The van der Waals surface area contributed by atoms with Crippen LogP contribution in [-0.2, 0) is 14.8 Å². The molecule has 1 aliphatic rings. The maximum absolute atomic E-state index is 12.8. The lowest BCUT2D eigenvalue weighted by atomic mass is 10.2. The van der Waals surface area contributed by atoms with Gasteiger partial charge in [-0.15, -0.1) is 0 Å². The Morgan fingerprint density at radius 1 is 1.13 bits per heavy atom. The van der Waals surface area contributed by atoms with E-state index < -0.39 is 14.9 Å². The number of rotatable bonds is 6. The van der Waals surface area contributed by atoms with E-state index in [1.54, 1.807) is 0 Å². The highest BCUT2D eigenvalue weighted by Gasteiger charge is 2.29. The van der Waals surface area contributed by atoms with Crippen molar-refractivity contribution in [2.24, 2.45) is 0 Å². The Kier molecular flexibility index (Phi) is 5.46. The summed E-state index contributed by atoms with van der Waals surface area (Å²) < 4.78 is 37.9. The number of benzene rings is 2. The third-order valence-electron chi connectivity index (χ3n) is 5.02. The molecule has 2 aromatic carbocycles. The first kappa shape index (κ1) is 20.3. The molecule has 30 heavy (non-hydrogen) atoms. The van der Waals surface area contributed by atoms with Crippen molar-refractivity contribution in [3.8, 4) is 0 Å². The van der Waals surface area contributed by atoms with Crippen molar-refractivity contribution in [2.45, 2.75) is 17.9 Å². The van der Waals surface area contributed by atoms with Crippen LogP contribution in [0, 0.1) is 10.1 Å². The number of ether oxygens (including phenoxy) is 1. The zero-order valence-electron chi connectivity index (χ0n) is 16.3. The molecule has 10 heteroatoms. The highest BCUT2D eigenvalue weighted by Crippen LogP contribution is 2.33. The first-order valence-electron chi connectivity index (χ1n) is 9.47. The van der Waals surface area contributed by atoms with Gasteiger partial charge in [-0.2, -0.15) is 4.31 Å². The zero-order valence-corrected chi connectivity index (χ0v) is 17.1. The number of nitrogens with one attached hydrogen (secondary N) is 1. The van der Waals surface area contributed by atoms with Gasteiger partial charge < -0.3 is 14.5 Å². The molecule has 0 spiro atoms. The van der Waals surface area contributed by atoms with Crippen molar-refractivity contribution in [1.29, 1.82) is 0 Å². The molecule has 3 aromatic rings. The van der Waals surface area contributed by atoms with Crippen LogP contribution in [0.25, 0.3) is 11.0 Å². The molecule has 2 heterocycles. The standard InChI is InChI=1S/C20H21N3O6S/c1-14(20-12-15-4-2-3-5-19(15)29-20)21-17-7-6-16(13-18(17)23(24)25)30(26,27)22-8-10-28-11-9-22/h2-7,12-14,21H,8-11H2,1H3. The molecule has 1 fully saturated rings. The second kappa shape index (κ2) is 8.05. The molecule has 1 aliphatic heterocycles. The molecule has 1 saturated heterocycles. The molecule has 0 radical (unpaired) electrons. The maximum Gasteiger partial charge on any atom is 0.293 e. The van der Waals surface area contributed by atoms with Crippen LogP contribution in [0.4, 0.5) is 11.4 Å². The van der Waals surface area contributed by atoms with Crippen molar-refractivity contribution in [3.63, 3.8) is 0 Å². The van der Waals surface area contributed by atoms with E-state index in [1.807, 2.05) is 37.3 Å². The third kappa shape index (κ3) is 3.89. The van der Waals surface area contributed by atoms with E-state index in [0.29, 0.717) is 19.0 Å². The van der Waals surface area contributed by atoms with Crippen molar-refractivity contribution in [1.82, 2.24) is 4.31 Å². The second-order valence-corrected chi connectivity index (χ2v) is 8.94. The highest BCUT2D eigenvalue weighted by atomic mass is 32.2. The quantitative estimate of drug-likeness (QED) is 0.469. The number of fused-ring (bicyclic) bond motifs is 1. The summed E-state index contributed by atoms with van der Waals surface area (Å²) in [6, 6.07) is 12.9. The fourth-order valence-corrected chi connectivity index (χ4v) is 4.83. The Labute approximate surface area is 173 Å². The number of nitro benzene ring substituents is 1. The average Bonchev–Trinajstić information content (AvgIpc) is 3.19. The summed E-state index contributed by atoms with van der Waals surface area (Å²) in [7, 11) is -3.83. The van der Waals surface area contributed by atoms with Crippen molar-refractivity contribution >= 4 is 32.4 Å². The Bertz CT molecular complexity index is 1150. The second-order valence-electron chi connectivity index (χ2n) is 7.01. The number of anilines is 1. The van der Waals surface area contributed by atoms with Crippen molar-refractivity contribution in [2.75, 3.05) is 31.6 Å². The first-order chi connectivity index (χ1) is 14.4. The summed E-state index contributed by atoms with van der Waals surface area (Å²) in [5.74, 6) is 0.621. The Balaban J connectivity index is 1.62. The number of hydrogen-bond donors (Lipinski definition) is 1. The molecule has 0 aliphatic carbocycles. The normalized spacial score (nSPS) is 16.4. The van der Waals surface area contributed by atoms with Gasteiger partial charge >= 0.3 is 0 Å². The summed E-state index contributed by atoms with van der Waals surface area (Å²) in [5, 5.41) is 15.6. The fraction of sp³-hybridized carbons (Fsp3) is 0.300. The average molecular weight is 431 g/mol.